The van der Waals surface area contributed by atoms with Crippen molar-refractivity contribution in [3.63, 3.8) is 0 Å². The molecule has 0 spiro atoms. The third-order valence-electron chi connectivity index (χ3n) is 3.30. The fraction of sp³-hybridized carbons (Fsp3) is 0.294. The fourth-order valence-electron chi connectivity index (χ4n) is 2.09. The van der Waals surface area contributed by atoms with Crippen LogP contribution in [0.1, 0.15) is 22.8 Å². The van der Waals surface area contributed by atoms with Crippen LogP contribution in [0, 0.1) is 5.82 Å². The van der Waals surface area contributed by atoms with Crippen LogP contribution in [0.3, 0.4) is 0 Å². The Morgan fingerprint density at radius 2 is 1.60 bits per heavy atom. The van der Waals surface area contributed by atoms with Crippen molar-refractivity contribution in [2.45, 2.75) is 18.9 Å². The molecule has 2 aromatic rings. The fourth-order valence-corrected chi connectivity index (χ4v) is 2.09. The van der Waals surface area contributed by atoms with E-state index in [9.17, 15) is 9.50 Å². The predicted molar refractivity (Wildman–Crippen MR) is 77.1 cm³/mol. The molecule has 0 saturated carbocycles. The maximum Gasteiger partial charge on any atom is 0.123 e. The molecule has 0 aliphatic rings. The second-order valence-electron chi connectivity index (χ2n) is 4.83. The number of hydrogen-bond acceptors (Lipinski definition) is 2. The number of aliphatic hydroxyl groups is 1. The molecule has 0 aliphatic heterocycles. The number of halogens is 1. The molecule has 0 bridgehead atoms. The van der Waals surface area contributed by atoms with E-state index in [1.165, 1.54) is 17.7 Å². The number of hydrogen-bond donors (Lipinski definition) is 1. The van der Waals surface area contributed by atoms with E-state index in [1.807, 2.05) is 24.3 Å². The standard InChI is InChI=1S/C17H19FO2/c1-20-11-10-13-2-6-15(7-3-13)17(19)12-14-4-8-16(18)9-5-14/h2-9,17,19H,10-12H2,1H3. The van der Waals surface area contributed by atoms with E-state index in [1.54, 1.807) is 19.2 Å². The van der Waals surface area contributed by atoms with Gasteiger partial charge < -0.3 is 9.84 Å². The summed E-state index contributed by atoms with van der Waals surface area (Å²) in [6.07, 6.45) is 0.777. The van der Waals surface area contributed by atoms with Crippen LogP contribution < -0.4 is 0 Å². The minimum atomic E-state index is -0.572. The zero-order valence-electron chi connectivity index (χ0n) is 11.6. The Bertz CT molecular complexity index is 520. The highest BCUT2D eigenvalue weighted by molar-refractivity contribution is 5.26. The molecular weight excluding hydrogens is 255 g/mol. The van der Waals surface area contributed by atoms with Crippen LogP contribution >= 0.6 is 0 Å². The van der Waals surface area contributed by atoms with Crippen molar-refractivity contribution in [3.8, 4) is 0 Å². The van der Waals surface area contributed by atoms with Crippen LogP contribution in [-0.4, -0.2) is 18.8 Å². The summed E-state index contributed by atoms with van der Waals surface area (Å²) in [6, 6.07) is 14.1. The van der Waals surface area contributed by atoms with Gasteiger partial charge in [0.1, 0.15) is 5.82 Å². The first-order chi connectivity index (χ1) is 9.69. The summed E-state index contributed by atoms with van der Waals surface area (Å²) in [5.41, 5.74) is 2.97. The second kappa shape index (κ2) is 7.17. The van der Waals surface area contributed by atoms with E-state index in [0.717, 1.165) is 17.5 Å². The van der Waals surface area contributed by atoms with Gasteiger partial charge in [-0.05, 0) is 35.2 Å². The minimum Gasteiger partial charge on any atom is -0.388 e. The SMILES string of the molecule is COCCc1ccc(C(O)Cc2ccc(F)cc2)cc1. The molecule has 0 aliphatic carbocycles. The molecule has 1 unspecified atom stereocenters. The lowest BCUT2D eigenvalue weighted by molar-refractivity contribution is 0.178. The normalized spacial score (nSPS) is 12.3. The topological polar surface area (TPSA) is 29.5 Å². The van der Waals surface area contributed by atoms with Crippen molar-refractivity contribution in [2.24, 2.45) is 0 Å². The molecule has 0 fully saturated rings. The number of methoxy groups -OCH3 is 1. The van der Waals surface area contributed by atoms with Crippen LogP contribution in [0.15, 0.2) is 48.5 Å². The summed E-state index contributed by atoms with van der Waals surface area (Å²) in [6.45, 7) is 0.692. The Morgan fingerprint density at radius 3 is 2.20 bits per heavy atom. The highest BCUT2D eigenvalue weighted by Crippen LogP contribution is 2.19. The molecule has 0 heterocycles. The first kappa shape index (κ1) is 14.7. The first-order valence-corrected chi connectivity index (χ1v) is 6.69. The number of aliphatic hydroxyl groups excluding tert-OH is 1. The van der Waals surface area contributed by atoms with Crippen molar-refractivity contribution in [1.29, 1.82) is 0 Å². The summed E-state index contributed by atoms with van der Waals surface area (Å²) in [5.74, 6) is -0.259. The van der Waals surface area contributed by atoms with E-state index >= 15 is 0 Å². The van der Waals surface area contributed by atoms with Gasteiger partial charge in [-0.3, -0.25) is 0 Å². The Hall–Kier alpha value is -1.71. The molecule has 0 radical (unpaired) electrons. The lowest BCUT2D eigenvalue weighted by Gasteiger charge is -2.12. The van der Waals surface area contributed by atoms with Gasteiger partial charge in [-0.2, -0.15) is 0 Å². The van der Waals surface area contributed by atoms with Gasteiger partial charge in [0.05, 0.1) is 12.7 Å². The maximum atomic E-state index is 12.8. The predicted octanol–water partition coefficient (Wildman–Crippen LogP) is 3.29. The molecule has 0 amide bonds. The highest BCUT2D eigenvalue weighted by atomic mass is 19.1. The van der Waals surface area contributed by atoms with Gasteiger partial charge in [0, 0.05) is 13.5 Å². The van der Waals surface area contributed by atoms with Crippen molar-refractivity contribution in [1.82, 2.24) is 0 Å². The third-order valence-corrected chi connectivity index (χ3v) is 3.30. The zero-order valence-corrected chi connectivity index (χ0v) is 11.6. The Kier molecular flexibility index (Phi) is 5.27. The molecule has 2 nitrogen and oxygen atoms in total. The Morgan fingerprint density at radius 1 is 1.00 bits per heavy atom. The molecule has 2 aromatic carbocycles. The summed E-state index contributed by atoms with van der Waals surface area (Å²) >= 11 is 0. The van der Waals surface area contributed by atoms with Crippen LogP contribution in [0.4, 0.5) is 4.39 Å². The molecular formula is C17H19FO2. The number of ether oxygens (including phenoxy) is 1. The average Bonchev–Trinajstić information content (AvgIpc) is 2.48. The van der Waals surface area contributed by atoms with Crippen LogP contribution in [-0.2, 0) is 17.6 Å². The highest BCUT2D eigenvalue weighted by Gasteiger charge is 2.08. The Labute approximate surface area is 118 Å². The minimum absolute atomic E-state index is 0.259. The summed E-state index contributed by atoms with van der Waals surface area (Å²) in [4.78, 5) is 0. The van der Waals surface area contributed by atoms with Gasteiger partial charge in [-0.25, -0.2) is 4.39 Å². The molecule has 0 saturated heterocycles. The van der Waals surface area contributed by atoms with Gasteiger partial charge in [0.2, 0.25) is 0 Å². The van der Waals surface area contributed by atoms with E-state index in [0.29, 0.717) is 13.0 Å². The van der Waals surface area contributed by atoms with Crippen molar-refractivity contribution in [2.75, 3.05) is 13.7 Å². The summed E-state index contributed by atoms with van der Waals surface area (Å²) < 4.78 is 17.9. The molecule has 106 valence electrons. The molecule has 20 heavy (non-hydrogen) atoms. The van der Waals surface area contributed by atoms with E-state index in [4.69, 9.17) is 4.74 Å². The van der Waals surface area contributed by atoms with Crippen molar-refractivity contribution < 1.29 is 14.2 Å². The number of benzene rings is 2. The molecule has 1 N–H and O–H groups in total. The third kappa shape index (κ3) is 4.15. The quantitative estimate of drug-likeness (QED) is 0.876. The second-order valence-corrected chi connectivity index (χ2v) is 4.83. The number of rotatable bonds is 6. The summed E-state index contributed by atoms with van der Waals surface area (Å²) in [7, 11) is 1.68. The van der Waals surface area contributed by atoms with Crippen molar-refractivity contribution in [3.05, 3.63) is 71.0 Å². The largest absolute Gasteiger partial charge is 0.388 e. The van der Waals surface area contributed by atoms with Crippen molar-refractivity contribution >= 4 is 0 Å². The van der Waals surface area contributed by atoms with Crippen LogP contribution in [0.25, 0.3) is 0 Å². The van der Waals surface area contributed by atoms with E-state index in [-0.39, 0.29) is 5.82 Å². The smallest absolute Gasteiger partial charge is 0.123 e. The van der Waals surface area contributed by atoms with Crippen LogP contribution in [0.5, 0.6) is 0 Å². The Balaban J connectivity index is 1.98. The molecule has 3 heteroatoms. The van der Waals surface area contributed by atoms with E-state index < -0.39 is 6.10 Å². The van der Waals surface area contributed by atoms with Gasteiger partial charge >= 0.3 is 0 Å². The maximum absolute atomic E-state index is 12.8. The first-order valence-electron chi connectivity index (χ1n) is 6.69. The van der Waals surface area contributed by atoms with Gasteiger partial charge in [0.25, 0.3) is 0 Å². The monoisotopic (exact) mass is 274 g/mol. The van der Waals surface area contributed by atoms with Gasteiger partial charge in [-0.1, -0.05) is 36.4 Å². The summed E-state index contributed by atoms with van der Waals surface area (Å²) in [5, 5.41) is 10.2. The van der Waals surface area contributed by atoms with Gasteiger partial charge in [0.15, 0.2) is 0 Å². The van der Waals surface area contributed by atoms with Gasteiger partial charge in [-0.15, -0.1) is 0 Å². The molecule has 1 atom stereocenters. The molecule has 2 rings (SSSR count). The lowest BCUT2D eigenvalue weighted by Crippen LogP contribution is -2.02. The van der Waals surface area contributed by atoms with Crippen LogP contribution in [0.2, 0.25) is 0 Å². The lowest BCUT2D eigenvalue weighted by atomic mass is 10.00. The zero-order chi connectivity index (χ0) is 14.4. The average molecular weight is 274 g/mol. The molecule has 0 aromatic heterocycles. The van der Waals surface area contributed by atoms with E-state index in [2.05, 4.69) is 0 Å².